The number of carbonyl (C=O) groups is 3. The second-order valence-electron chi connectivity index (χ2n) is 10.8. The van der Waals surface area contributed by atoms with Gasteiger partial charge >= 0.3 is 6.09 Å². The van der Waals surface area contributed by atoms with Crippen LogP contribution < -0.4 is 5.32 Å². The lowest BCUT2D eigenvalue weighted by Crippen LogP contribution is -2.43. The van der Waals surface area contributed by atoms with E-state index in [-0.39, 0.29) is 18.4 Å². The summed E-state index contributed by atoms with van der Waals surface area (Å²) < 4.78 is 19.3. The Morgan fingerprint density at radius 3 is 2.33 bits per heavy atom. The zero-order valence-corrected chi connectivity index (χ0v) is 25.2. The summed E-state index contributed by atoms with van der Waals surface area (Å²) >= 11 is 1.31. The van der Waals surface area contributed by atoms with Crippen molar-refractivity contribution in [2.75, 3.05) is 11.9 Å². The Labute approximate surface area is 264 Å². The number of amides is 3. The van der Waals surface area contributed by atoms with Gasteiger partial charge in [-0.05, 0) is 59.9 Å². The van der Waals surface area contributed by atoms with Gasteiger partial charge in [-0.15, -0.1) is 0 Å². The number of aliphatic imine (C=N–C) groups is 1. The van der Waals surface area contributed by atoms with Crippen molar-refractivity contribution in [1.82, 2.24) is 9.80 Å². The number of nitrogens with zero attached hydrogens (tertiary/aromatic N) is 3. The van der Waals surface area contributed by atoms with E-state index in [1.807, 2.05) is 60.7 Å². The first-order valence-corrected chi connectivity index (χ1v) is 15.6. The van der Waals surface area contributed by atoms with E-state index in [1.54, 1.807) is 41.3 Å². The maximum atomic E-state index is 13.9. The summed E-state index contributed by atoms with van der Waals surface area (Å²) in [4.78, 5) is 47.4. The van der Waals surface area contributed by atoms with E-state index in [1.165, 1.54) is 28.8 Å². The zero-order chi connectivity index (χ0) is 31.2. The number of carbonyl (C=O) groups excluding carboxylic acids is 3. The number of anilines is 1. The molecule has 1 N–H and O–H groups in total. The highest BCUT2D eigenvalue weighted by Crippen LogP contribution is 2.41. The summed E-state index contributed by atoms with van der Waals surface area (Å²) in [6, 6.07) is 31.5. The summed E-state index contributed by atoms with van der Waals surface area (Å²) in [6.07, 6.45) is 0.735. The van der Waals surface area contributed by atoms with Crippen LogP contribution in [0.2, 0.25) is 0 Å². The van der Waals surface area contributed by atoms with Crippen LogP contribution in [-0.4, -0.2) is 45.5 Å². The third-order valence-corrected chi connectivity index (χ3v) is 8.87. The fourth-order valence-electron chi connectivity index (χ4n) is 5.35. The van der Waals surface area contributed by atoms with Gasteiger partial charge in [-0.2, -0.15) is 0 Å². The van der Waals surface area contributed by atoms with Crippen molar-refractivity contribution in [2.24, 2.45) is 4.99 Å². The summed E-state index contributed by atoms with van der Waals surface area (Å²) in [5, 5.41) is 2.83. The van der Waals surface area contributed by atoms with Crippen LogP contribution in [0.4, 0.5) is 20.6 Å². The Balaban J connectivity index is 1.13. The first-order chi connectivity index (χ1) is 21.9. The Hall–Kier alpha value is -4.96. The third kappa shape index (κ3) is 7.24. The molecule has 2 atom stereocenters. The molecule has 0 aromatic heterocycles. The Bertz CT molecular complexity index is 1700. The molecular weight excluding hydrogens is 591 g/mol. The molecule has 0 aliphatic carbocycles. The zero-order valence-electron chi connectivity index (χ0n) is 24.3. The average molecular weight is 623 g/mol. The minimum Gasteiger partial charge on any atom is -0.445 e. The Morgan fingerprint density at radius 2 is 1.62 bits per heavy atom. The molecule has 2 saturated heterocycles. The molecule has 8 nitrogen and oxygen atoms in total. The summed E-state index contributed by atoms with van der Waals surface area (Å²) in [5.74, 6) is -0.826. The van der Waals surface area contributed by atoms with Gasteiger partial charge in [0.15, 0.2) is 5.17 Å². The number of amidine groups is 1. The maximum Gasteiger partial charge on any atom is 0.410 e. The van der Waals surface area contributed by atoms with E-state index >= 15 is 0 Å². The van der Waals surface area contributed by atoms with Crippen molar-refractivity contribution in [3.8, 4) is 0 Å². The van der Waals surface area contributed by atoms with Crippen LogP contribution in [0, 0.1) is 5.82 Å². The summed E-state index contributed by atoms with van der Waals surface area (Å²) in [5.41, 5.74) is 3.55. The van der Waals surface area contributed by atoms with Crippen LogP contribution in [0.25, 0.3) is 0 Å². The maximum absolute atomic E-state index is 13.9. The van der Waals surface area contributed by atoms with E-state index < -0.39 is 23.2 Å². The van der Waals surface area contributed by atoms with Gasteiger partial charge in [-0.25, -0.2) is 14.2 Å². The summed E-state index contributed by atoms with van der Waals surface area (Å²) in [7, 11) is 0. The summed E-state index contributed by atoms with van der Waals surface area (Å²) in [6.45, 7) is 0.920. The highest BCUT2D eigenvalue weighted by atomic mass is 32.2. The monoisotopic (exact) mass is 622 g/mol. The number of nitrogens with one attached hydrogen (secondary N) is 1. The Kier molecular flexibility index (Phi) is 9.21. The number of ether oxygens (including phenoxy) is 1. The molecule has 2 heterocycles. The molecule has 2 unspecified atom stereocenters. The number of rotatable bonds is 8. The van der Waals surface area contributed by atoms with Crippen molar-refractivity contribution in [2.45, 2.75) is 37.3 Å². The van der Waals surface area contributed by atoms with Crippen LogP contribution in [0.5, 0.6) is 0 Å². The fraction of sp³-hybridized carbons (Fsp3) is 0.200. The predicted molar refractivity (Wildman–Crippen MR) is 172 cm³/mol. The third-order valence-electron chi connectivity index (χ3n) is 7.64. The van der Waals surface area contributed by atoms with Crippen LogP contribution in [0.1, 0.15) is 34.8 Å². The van der Waals surface area contributed by atoms with Crippen molar-refractivity contribution < 1.29 is 23.5 Å². The quantitative estimate of drug-likeness (QED) is 0.227. The normalized spacial score (nSPS) is 18.8. The minimum atomic E-state index is -0.631. The van der Waals surface area contributed by atoms with Gasteiger partial charge in [0.2, 0.25) is 11.8 Å². The lowest BCUT2D eigenvalue weighted by Gasteiger charge is -2.23. The largest absolute Gasteiger partial charge is 0.445 e. The van der Waals surface area contributed by atoms with Crippen LogP contribution in [0.3, 0.4) is 0 Å². The van der Waals surface area contributed by atoms with Gasteiger partial charge in [-0.1, -0.05) is 90.6 Å². The van der Waals surface area contributed by atoms with Gasteiger partial charge in [0.25, 0.3) is 0 Å². The van der Waals surface area contributed by atoms with Crippen molar-refractivity contribution in [1.29, 1.82) is 0 Å². The van der Waals surface area contributed by atoms with Gasteiger partial charge < -0.3 is 10.1 Å². The van der Waals surface area contributed by atoms with Gasteiger partial charge in [-0.3, -0.25) is 19.4 Å². The highest BCUT2D eigenvalue weighted by molar-refractivity contribution is 8.15. The fourth-order valence-corrected chi connectivity index (χ4v) is 6.52. The van der Waals surface area contributed by atoms with E-state index in [4.69, 9.17) is 4.74 Å². The second-order valence-corrected chi connectivity index (χ2v) is 11.9. The van der Waals surface area contributed by atoms with Crippen LogP contribution >= 0.6 is 11.8 Å². The molecule has 0 radical (unpaired) electrons. The molecule has 10 heteroatoms. The van der Waals surface area contributed by atoms with E-state index in [0.717, 1.165) is 16.7 Å². The molecule has 4 aromatic carbocycles. The first-order valence-electron chi connectivity index (χ1n) is 14.7. The average Bonchev–Trinajstić information content (AvgIpc) is 3.67. The topological polar surface area (TPSA) is 91.3 Å². The second kappa shape index (κ2) is 13.8. The number of thioether (sulfide) groups is 1. The number of hydrogen-bond donors (Lipinski definition) is 1. The van der Waals surface area contributed by atoms with E-state index in [2.05, 4.69) is 10.3 Å². The van der Waals surface area contributed by atoms with E-state index in [9.17, 15) is 18.8 Å². The van der Waals surface area contributed by atoms with Gasteiger partial charge in [0, 0.05) is 12.2 Å². The molecule has 228 valence electrons. The van der Waals surface area contributed by atoms with Crippen LogP contribution in [0.15, 0.2) is 114 Å². The predicted octanol–water partition coefficient (Wildman–Crippen LogP) is 7.07. The van der Waals surface area contributed by atoms with Crippen molar-refractivity contribution in [3.05, 3.63) is 132 Å². The lowest BCUT2D eigenvalue weighted by molar-refractivity contribution is -0.126. The molecule has 3 amide bonds. The molecule has 2 aliphatic heterocycles. The molecule has 0 spiro atoms. The Morgan fingerprint density at radius 1 is 0.911 bits per heavy atom. The molecule has 45 heavy (non-hydrogen) atoms. The molecule has 2 aliphatic rings. The number of benzene rings is 4. The highest BCUT2D eigenvalue weighted by Gasteiger charge is 2.39. The molecule has 6 rings (SSSR count). The van der Waals surface area contributed by atoms with Crippen LogP contribution in [-0.2, 0) is 27.5 Å². The number of likely N-dealkylation sites (tertiary alicyclic amines) is 1. The number of hydrogen-bond acceptors (Lipinski definition) is 6. The molecule has 0 saturated carbocycles. The van der Waals surface area contributed by atoms with Crippen molar-refractivity contribution in [3.63, 3.8) is 0 Å². The lowest BCUT2D eigenvalue weighted by atomic mass is 10.1. The smallest absolute Gasteiger partial charge is 0.410 e. The van der Waals surface area contributed by atoms with E-state index in [0.29, 0.717) is 42.5 Å². The standard InChI is InChI=1S/C35H31FN4O4S/c36-27-13-7-14-29(21-27)38-34-40(22-24-9-3-1-4-10-24)33(42)31(45-34)26-16-18-28(19-17-26)37-32(41)30-15-8-20-39(30)35(43)44-23-25-11-5-2-6-12-25/h1-7,9-14,16-19,21,30-31H,8,15,20,22-23H2,(H,37,41). The van der Waals surface area contributed by atoms with Gasteiger partial charge in [0.05, 0.1) is 12.2 Å². The first kappa shape index (κ1) is 30.1. The molecule has 4 aromatic rings. The SMILES string of the molecule is O=C(Nc1ccc(C2SC(=Nc3cccc(F)c3)N(Cc3ccccc3)C2=O)cc1)C1CCCN1C(=O)OCc1ccccc1. The molecule has 0 bridgehead atoms. The van der Waals surface area contributed by atoms with Gasteiger partial charge in [0.1, 0.15) is 23.7 Å². The number of halogens is 1. The molecular formula is C35H31FN4O4S. The molecule has 2 fully saturated rings. The minimum absolute atomic E-state index is 0.133. The van der Waals surface area contributed by atoms with Crippen molar-refractivity contribution >= 4 is 46.2 Å².